The lowest BCUT2D eigenvalue weighted by atomic mass is 9.80. The van der Waals surface area contributed by atoms with E-state index < -0.39 is 5.41 Å². The van der Waals surface area contributed by atoms with Gasteiger partial charge in [0.15, 0.2) is 11.5 Å². The van der Waals surface area contributed by atoms with E-state index in [9.17, 15) is 4.79 Å². The Morgan fingerprint density at radius 3 is 3.11 bits per heavy atom. The summed E-state index contributed by atoms with van der Waals surface area (Å²) in [6, 6.07) is 5.76. The maximum absolute atomic E-state index is 13.2. The Morgan fingerprint density at radius 2 is 2.25 bits per heavy atom. The highest BCUT2D eigenvalue weighted by atomic mass is 16.7. The molecule has 2 fully saturated rings. The fourth-order valence-electron chi connectivity index (χ4n) is 4.44. The first kappa shape index (κ1) is 17.5. The molecule has 28 heavy (non-hydrogen) atoms. The molecule has 1 aromatic heterocycles. The maximum atomic E-state index is 13.2. The van der Waals surface area contributed by atoms with E-state index in [2.05, 4.69) is 15.2 Å². The summed E-state index contributed by atoms with van der Waals surface area (Å²) in [7, 11) is 2.00. The average molecular weight is 384 g/mol. The summed E-state index contributed by atoms with van der Waals surface area (Å²) in [5, 5.41) is 3.12. The van der Waals surface area contributed by atoms with Crippen LogP contribution in [0.5, 0.6) is 11.5 Å². The van der Waals surface area contributed by atoms with Crippen molar-refractivity contribution >= 4 is 5.91 Å². The number of ether oxygens (including phenoxy) is 3. The van der Waals surface area contributed by atoms with Crippen molar-refractivity contribution in [2.75, 3.05) is 33.1 Å². The zero-order valence-electron chi connectivity index (χ0n) is 15.9. The molecule has 148 valence electrons. The van der Waals surface area contributed by atoms with Gasteiger partial charge in [-0.3, -0.25) is 9.69 Å². The number of hydrogen-bond donors (Lipinski definition) is 1. The van der Waals surface area contributed by atoms with Gasteiger partial charge in [0.1, 0.15) is 5.82 Å². The highest BCUT2D eigenvalue weighted by molar-refractivity contribution is 5.84. The van der Waals surface area contributed by atoms with Crippen LogP contribution in [0.2, 0.25) is 0 Å². The van der Waals surface area contributed by atoms with Gasteiger partial charge in [-0.25, -0.2) is 4.98 Å². The van der Waals surface area contributed by atoms with Gasteiger partial charge in [-0.2, -0.15) is 0 Å². The number of rotatable bonds is 5. The molecule has 8 nitrogen and oxygen atoms in total. The van der Waals surface area contributed by atoms with E-state index in [0.29, 0.717) is 26.3 Å². The minimum Gasteiger partial charge on any atom is -0.454 e. The van der Waals surface area contributed by atoms with Crippen molar-refractivity contribution in [2.45, 2.75) is 13.1 Å². The molecule has 0 aliphatic carbocycles. The molecule has 2 saturated heterocycles. The molecule has 0 unspecified atom stereocenters. The van der Waals surface area contributed by atoms with Crippen molar-refractivity contribution in [3.05, 3.63) is 42.0 Å². The van der Waals surface area contributed by atoms with Crippen LogP contribution in [0.3, 0.4) is 0 Å². The third kappa shape index (κ3) is 2.93. The third-order valence-corrected chi connectivity index (χ3v) is 6.07. The van der Waals surface area contributed by atoms with Crippen molar-refractivity contribution < 1.29 is 19.0 Å². The van der Waals surface area contributed by atoms with Crippen LogP contribution in [0.4, 0.5) is 0 Å². The monoisotopic (exact) mass is 384 g/mol. The predicted molar refractivity (Wildman–Crippen MR) is 99.6 cm³/mol. The van der Waals surface area contributed by atoms with Gasteiger partial charge in [-0.15, -0.1) is 0 Å². The number of aromatic nitrogens is 2. The number of likely N-dealkylation sites (tertiary alicyclic amines) is 1. The molecule has 1 N–H and O–H groups in total. The van der Waals surface area contributed by atoms with E-state index in [1.165, 1.54) is 0 Å². The van der Waals surface area contributed by atoms with Gasteiger partial charge in [0.05, 0.1) is 25.2 Å². The molecule has 2 aromatic rings. The summed E-state index contributed by atoms with van der Waals surface area (Å²) < 4.78 is 18.5. The lowest BCUT2D eigenvalue weighted by Crippen LogP contribution is -2.46. The molecule has 0 saturated carbocycles. The Balaban J connectivity index is 1.26. The molecule has 5 rings (SSSR count). The second-order valence-corrected chi connectivity index (χ2v) is 7.86. The molecular weight excluding hydrogens is 360 g/mol. The third-order valence-electron chi connectivity index (χ3n) is 6.07. The molecule has 0 spiro atoms. The zero-order valence-corrected chi connectivity index (χ0v) is 15.9. The van der Waals surface area contributed by atoms with Crippen LogP contribution in [-0.2, 0) is 29.7 Å². The van der Waals surface area contributed by atoms with Gasteiger partial charge >= 0.3 is 0 Å². The minimum atomic E-state index is -0.485. The van der Waals surface area contributed by atoms with Crippen LogP contribution < -0.4 is 14.8 Å². The largest absolute Gasteiger partial charge is 0.454 e. The molecule has 3 aliphatic rings. The summed E-state index contributed by atoms with van der Waals surface area (Å²) in [5.74, 6) is 2.77. The lowest BCUT2D eigenvalue weighted by Gasteiger charge is -2.26. The van der Waals surface area contributed by atoms with E-state index >= 15 is 0 Å². The van der Waals surface area contributed by atoms with Gasteiger partial charge in [-0.1, -0.05) is 6.07 Å². The molecule has 3 aliphatic heterocycles. The van der Waals surface area contributed by atoms with Gasteiger partial charge in [0.25, 0.3) is 0 Å². The number of benzene rings is 1. The number of carbonyl (C=O) groups is 1. The summed E-state index contributed by atoms with van der Waals surface area (Å²) in [6.45, 7) is 4.11. The molecule has 8 heteroatoms. The zero-order chi connectivity index (χ0) is 19.1. The Labute approximate surface area is 163 Å². The van der Waals surface area contributed by atoms with E-state index in [-0.39, 0.29) is 18.6 Å². The second kappa shape index (κ2) is 6.79. The Kier molecular flexibility index (Phi) is 4.25. The van der Waals surface area contributed by atoms with Crippen LogP contribution in [-0.4, -0.2) is 53.5 Å². The van der Waals surface area contributed by atoms with Crippen LogP contribution in [0, 0.1) is 11.3 Å². The van der Waals surface area contributed by atoms with Gasteiger partial charge < -0.3 is 24.1 Å². The fraction of sp³-hybridized carbons (Fsp3) is 0.500. The number of nitrogens with one attached hydrogen (secondary N) is 1. The van der Waals surface area contributed by atoms with Crippen molar-refractivity contribution in [3.8, 4) is 11.5 Å². The summed E-state index contributed by atoms with van der Waals surface area (Å²) >= 11 is 0. The molecule has 2 atom stereocenters. The number of fused-ring (bicyclic) bond motifs is 2. The Bertz CT molecular complexity index is 898. The normalized spacial score (nSPS) is 25.8. The highest BCUT2D eigenvalue weighted by Crippen LogP contribution is 2.42. The standard InChI is InChI=1S/C20H24N4O4/c1-23-5-4-21-18(23)9-24-8-15-10-26-12-20(15,11-24)19(25)22-7-14-2-3-16-17(6-14)28-13-27-16/h2-6,15H,7-13H2,1H3,(H,22,25)/t15-,20-/m1/s1. The SMILES string of the molecule is Cn1ccnc1CN1C[C@@H]2COC[C@]2(C(=O)NCc2ccc3c(c2)OCO3)C1. The van der Waals surface area contributed by atoms with Crippen molar-refractivity contribution in [1.82, 2.24) is 19.8 Å². The Morgan fingerprint density at radius 1 is 1.36 bits per heavy atom. The van der Waals surface area contributed by atoms with Crippen molar-refractivity contribution in [3.63, 3.8) is 0 Å². The van der Waals surface area contributed by atoms with Gasteiger partial charge in [-0.05, 0) is 17.7 Å². The number of amides is 1. The number of carbonyl (C=O) groups excluding carboxylic acids is 1. The van der Waals surface area contributed by atoms with Crippen molar-refractivity contribution in [2.24, 2.45) is 18.4 Å². The molecule has 0 radical (unpaired) electrons. The van der Waals surface area contributed by atoms with Gasteiger partial charge in [0.2, 0.25) is 12.7 Å². The summed E-state index contributed by atoms with van der Waals surface area (Å²) in [5.41, 5.74) is 0.508. The number of nitrogens with zero attached hydrogens (tertiary/aromatic N) is 3. The predicted octanol–water partition coefficient (Wildman–Crippen LogP) is 0.914. The van der Waals surface area contributed by atoms with Gasteiger partial charge in [0, 0.05) is 45.0 Å². The van der Waals surface area contributed by atoms with Crippen LogP contribution >= 0.6 is 0 Å². The smallest absolute Gasteiger partial charge is 0.231 e. The molecule has 1 aromatic carbocycles. The second-order valence-electron chi connectivity index (χ2n) is 7.86. The topological polar surface area (TPSA) is 77.9 Å². The maximum Gasteiger partial charge on any atom is 0.231 e. The van der Waals surface area contributed by atoms with E-state index in [4.69, 9.17) is 14.2 Å². The summed E-state index contributed by atoms with van der Waals surface area (Å²) in [4.78, 5) is 19.9. The minimum absolute atomic E-state index is 0.0648. The first-order valence-electron chi connectivity index (χ1n) is 9.57. The molecule has 0 bridgehead atoms. The van der Waals surface area contributed by atoms with E-state index in [0.717, 1.165) is 36.0 Å². The average Bonchev–Trinajstić information content (AvgIpc) is 3.44. The van der Waals surface area contributed by atoms with E-state index in [1.807, 2.05) is 42.2 Å². The first-order valence-corrected chi connectivity index (χ1v) is 9.57. The Hall–Kier alpha value is -2.58. The fourth-order valence-corrected chi connectivity index (χ4v) is 4.44. The number of hydrogen-bond acceptors (Lipinski definition) is 6. The van der Waals surface area contributed by atoms with E-state index in [1.54, 1.807) is 0 Å². The first-order chi connectivity index (χ1) is 13.6. The van der Waals surface area contributed by atoms with Crippen LogP contribution in [0.25, 0.3) is 0 Å². The lowest BCUT2D eigenvalue weighted by molar-refractivity contribution is -0.131. The van der Waals surface area contributed by atoms with Crippen LogP contribution in [0.1, 0.15) is 11.4 Å². The number of aryl methyl sites for hydroxylation is 1. The molecular formula is C20H24N4O4. The number of imidazole rings is 1. The van der Waals surface area contributed by atoms with Crippen molar-refractivity contribution in [1.29, 1.82) is 0 Å². The van der Waals surface area contributed by atoms with Crippen LogP contribution in [0.15, 0.2) is 30.6 Å². The summed E-state index contributed by atoms with van der Waals surface area (Å²) in [6.07, 6.45) is 3.76. The molecule has 4 heterocycles. The quantitative estimate of drug-likeness (QED) is 0.826. The highest BCUT2D eigenvalue weighted by Gasteiger charge is 2.55. The molecule has 1 amide bonds.